The molecule has 0 heterocycles. The number of ether oxygens (including phenoxy) is 7. The van der Waals surface area contributed by atoms with Gasteiger partial charge in [0.1, 0.15) is 25.2 Å². The number of rotatable bonds is 22. The molecule has 1 rings (SSSR count). The first-order chi connectivity index (χ1) is 15.8. The summed E-state index contributed by atoms with van der Waals surface area (Å²) in [5.41, 5.74) is 0.618. The minimum Gasteiger partial charge on any atom is -0.491 e. The molecule has 0 spiro atoms. The van der Waals surface area contributed by atoms with Crippen molar-refractivity contribution in [1.82, 2.24) is 0 Å². The molecular formula is C23H36O9. The Labute approximate surface area is 190 Å². The van der Waals surface area contributed by atoms with Crippen molar-refractivity contribution < 1.29 is 42.7 Å². The molecule has 32 heavy (non-hydrogen) atoms. The Bertz CT molecular complexity index is 577. The Morgan fingerprint density at radius 3 is 1.56 bits per heavy atom. The minimum atomic E-state index is -0.189. The highest BCUT2D eigenvalue weighted by Crippen LogP contribution is 2.10. The molecule has 0 saturated carbocycles. The fraction of sp³-hybridized carbons (Fsp3) is 0.652. The first-order valence-corrected chi connectivity index (χ1v) is 11.0. The van der Waals surface area contributed by atoms with Crippen molar-refractivity contribution in [3.8, 4) is 5.75 Å². The van der Waals surface area contributed by atoms with E-state index in [0.29, 0.717) is 90.4 Å². The van der Waals surface area contributed by atoms with E-state index in [-0.39, 0.29) is 12.6 Å². The molecule has 1 aromatic carbocycles. The van der Waals surface area contributed by atoms with Crippen LogP contribution in [0.1, 0.15) is 30.1 Å². The minimum absolute atomic E-state index is 0.189. The van der Waals surface area contributed by atoms with Gasteiger partial charge in [-0.25, -0.2) is 0 Å². The third-order valence-corrected chi connectivity index (χ3v) is 3.95. The van der Waals surface area contributed by atoms with Crippen molar-refractivity contribution in [2.75, 3.05) is 79.3 Å². The molecule has 0 aliphatic heterocycles. The molecule has 0 radical (unpaired) electrons. The van der Waals surface area contributed by atoms with Gasteiger partial charge in [-0.05, 0) is 30.7 Å². The van der Waals surface area contributed by atoms with Crippen LogP contribution in [0.4, 0.5) is 0 Å². The molecule has 0 aromatic heterocycles. The summed E-state index contributed by atoms with van der Waals surface area (Å²) in [6, 6.07) is 6.92. The molecule has 9 heteroatoms. The maximum atomic E-state index is 11.1. The van der Waals surface area contributed by atoms with E-state index in [1.54, 1.807) is 24.3 Å². The van der Waals surface area contributed by atoms with Gasteiger partial charge in [-0.2, -0.15) is 0 Å². The van der Waals surface area contributed by atoms with Gasteiger partial charge in [0.05, 0.1) is 66.1 Å². The van der Waals surface area contributed by atoms with Crippen LogP contribution in [0.2, 0.25) is 0 Å². The van der Waals surface area contributed by atoms with E-state index in [1.165, 1.54) is 0 Å². The molecule has 1 aromatic rings. The monoisotopic (exact) mass is 456 g/mol. The average Bonchev–Trinajstić information content (AvgIpc) is 2.81. The highest BCUT2D eigenvalue weighted by atomic mass is 16.6. The summed E-state index contributed by atoms with van der Waals surface area (Å²) in [5, 5.41) is 0. The lowest BCUT2D eigenvalue weighted by atomic mass is 10.2. The zero-order chi connectivity index (χ0) is 23.1. The van der Waals surface area contributed by atoms with Gasteiger partial charge in [-0.3, -0.25) is 9.59 Å². The van der Waals surface area contributed by atoms with E-state index in [1.807, 2.05) is 6.92 Å². The summed E-state index contributed by atoms with van der Waals surface area (Å²) in [5.74, 6) is 0.514. The molecule has 0 bridgehead atoms. The average molecular weight is 457 g/mol. The van der Waals surface area contributed by atoms with Crippen molar-refractivity contribution in [2.24, 2.45) is 0 Å². The standard InChI is InChI=1S/C23H36O9/c1-2-3-23(25)32-19-17-30-15-13-28-11-9-26-8-10-27-12-14-29-16-18-31-22-6-4-21(20-24)5-7-22/h4-7,20H,2-3,8-19H2,1H3. The number of hydrogen-bond acceptors (Lipinski definition) is 9. The Morgan fingerprint density at radius 2 is 1.12 bits per heavy atom. The van der Waals surface area contributed by atoms with Crippen LogP contribution in [-0.2, 0) is 33.2 Å². The number of carbonyl (C=O) groups excluding carboxylic acids is 2. The molecule has 0 aliphatic rings. The predicted octanol–water partition coefficient (Wildman–Crippen LogP) is 2.30. The second-order valence-corrected chi connectivity index (χ2v) is 6.57. The van der Waals surface area contributed by atoms with Crippen LogP contribution < -0.4 is 4.74 Å². The Hall–Kier alpha value is -2.04. The van der Waals surface area contributed by atoms with Crippen molar-refractivity contribution >= 4 is 12.3 Å². The normalized spacial score (nSPS) is 10.8. The molecule has 0 fully saturated rings. The summed E-state index contributed by atoms with van der Waals surface area (Å²) in [6.07, 6.45) is 2.02. The first kappa shape index (κ1) is 28.0. The summed E-state index contributed by atoms with van der Waals surface area (Å²) >= 11 is 0. The predicted molar refractivity (Wildman–Crippen MR) is 117 cm³/mol. The van der Waals surface area contributed by atoms with Gasteiger partial charge in [0.15, 0.2) is 0 Å². The van der Waals surface area contributed by atoms with E-state index in [4.69, 9.17) is 33.2 Å². The van der Waals surface area contributed by atoms with Gasteiger partial charge in [-0.15, -0.1) is 0 Å². The maximum absolute atomic E-state index is 11.1. The molecular weight excluding hydrogens is 420 g/mol. The van der Waals surface area contributed by atoms with Crippen molar-refractivity contribution in [3.05, 3.63) is 29.8 Å². The van der Waals surface area contributed by atoms with Crippen LogP contribution in [0.15, 0.2) is 24.3 Å². The molecule has 0 N–H and O–H groups in total. The molecule has 0 unspecified atom stereocenters. The quantitative estimate of drug-likeness (QED) is 0.148. The highest BCUT2D eigenvalue weighted by molar-refractivity contribution is 5.74. The largest absolute Gasteiger partial charge is 0.491 e. The van der Waals surface area contributed by atoms with Crippen molar-refractivity contribution in [1.29, 1.82) is 0 Å². The Balaban J connectivity index is 1.73. The molecule has 0 amide bonds. The van der Waals surface area contributed by atoms with Crippen LogP contribution in [0.3, 0.4) is 0 Å². The van der Waals surface area contributed by atoms with Gasteiger partial charge < -0.3 is 33.2 Å². The molecule has 0 saturated heterocycles. The topological polar surface area (TPSA) is 98.8 Å². The summed E-state index contributed by atoms with van der Waals surface area (Å²) in [7, 11) is 0. The molecule has 9 nitrogen and oxygen atoms in total. The van der Waals surface area contributed by atoms with Gasteiger partial charge in [0, 0.05) is 12.0 Å². The van der Waals surface area contributed by atoms with E-state index in [9.17, 15) is 9.59 Å². The van der Waals surface area contributed by atoms with Gasteiger partial charge in [0.2, 0.25) is 0 Å². The van der Waals surface area contributed by atoms with Gasteiger partial charge >= 0.3 is 5.97 Å². The first-order valence-electron chi connectivity index (χ1n) is 11.0. The summed E-state index contributed by atoms with van der Waals surface area (Å²) in [4.78, 5) is 21.7. The molecule has 0 aliphatic carbocycles. The smallest absolute Gasteiger partial charge is 0.305 e. The van der Waals surface area contributed by atoms with Gasteiger partial charge in [-0.1, -0.05) is 6.92 Å². The maximum Gasteiger partial charge on any atom is 0.305 e. The fourth-order valence-electron chi connectivity index (χ4n) is 2.33. The lowest BCUT2D eigenvalue weighted by Gasteiger charge is -2.09. The van der Waals surface area contributed by atoms with Crippen LogP contribution >= 0.6 is 0 Å². The SMILES string of the molecule is CCCC(=O)OCCOCCOCCOCCOCCOCCOc1ccc(C=O)cc1. The van der Waals surface area contributed by atoms with Crippen LogP contribution in [-0.4, -0.2) is 91.5 Å². The Kier molecular flexibility index (Phi) is 18.2. The highest BCUT2D eigenvalue weighted by Gasteiger charge is 2.00. The number of hydrogen-bond donors (Lipinski definition) is 0. The van der Waals surface area contributed by atoms with Crippen molar-refractivity contribution in [3.63, 3.8) is 0 Å². The lowest BCUT2D eigenvalue weighted by Crippen LogP contribution is -2.15. The van der Waals surface area contributed by atoms with E-state index in [0.717, 1.165) is 12.7 Å². The zero-order valence-electron chi connectivity index (χ0n) is 19.0. The number of benzene rings is 1. The Morgan fingerprint density at radius 1 is 0.688 bits per heavy atom. The fourth-order valence-corrected chi connectivity index (χ4v) is 2.33. The molecule has 0 atom stereocenters. The summed E-state index contributed by atoms with van der Waals surface area (Å²) in [6.45, 7) is 7.30. The third kappa shape index (κ3) is 16.6. The molecule has 182 valence electrons. The van der Waals surface area contributed by atoms with Crippen LogP contribution in [0, 0.1) is 0 Å². The van der Waals surface area contributed by atoms with Crippen molar-refractivity contribution in [2.45, 2.75) is 19.8 Å². The van der Waals surface area contributed by atoms with E-state index >= 15 is 0 Å². The van der Waals surface area contributed by atoms with Crippen LogP contribution in [0.5, 0.6) is 5.75 Å². The van der Waals surface area contributed by atoms with E-state index < -0.39 is 0 Å². The zero-order valence-corrected chi connectivity index (χ0v) is 19.0. The number of carbonyl (C=O) groups is 2. The van der Waals surface area contributed by atoms with E-state index in [2.05, 4.69) is 0 Å². The second-order valence-electron chi connectivity index (χ2n) is 6.57. The number of esters is 1. The second kappa shape index (κ2) is 20.8. The number of aldehydes is 1. The lowest BCUT2D eigenvalue weighted by molar-refractivity contribution is -0.145. The summed E-state index contributed by atoms with van der Waals surface area (Å²) < 4.78 is 37.4. The third-order valence-electron chi connectivity index (χ3n) is 3.95. The van der Waals surface area contributed by atoms with Crippen LogP contribution in [0.25, 0.3) is 0 Å². The van der Waals surface area contributed by atoms with Gasteiger partial charge in [0.25, 0.3) is 0 Å².